The van der Waals surface area contributed by atoms with Crippen molar-refractivity contribution in [1.82, 2.24) is 0 Å². The SMILES string of the molecule is CC(N)=O.CCC[N+](C)(C)C.[Cl-]. The van der Waals surface area contributed by atoms with Crippen LogP contribution in [0, 0.1) is 0 Å². The summed E-state index contributed by atoms with van der Waals surface area (Å²) < 4.78 is 1.09. The van der Waals surface area contributed by atoms with Crippen molar-refractivity contribution in [3.8, 4) is 0 Å². The van der Waals surface area contributed by atoms with Crippen LogP contribution in [-0.4, -0.2) is 38.1 Å². The fourth-order valence-electron chi connectivity index (χ4n) is 0.671. The van der Waals surface area contributed by atoms with E-state index in [0.29, 0.717) is 0 Å². The van der Waals surface area contributed by atoms with Gasteiger partial charge in [0.2, 0.25) is 5.91 Å². The van der Waals surface area contributed by atoms with E-state index in [1.54, 1.807) is 0 Å². The number of nitrogens with two attached hydrogens (primary N) is 1. The predicted octanol–water partition coefficient (Wildman–Crippen LogP) is -2.40. The molecule has 0 fully saturated rings. The highest BCUT2D eigenvalue weighted by molar-refractivity contribution is 5.70. The first-order valence-corrected chi connectivity index (χ1v) is 3.86. The second kappa shape index (κ2) is 8.81. The van der Waals surface area contributed by atoms with Gasteiger partial charge in [-0.2, -0.15) is 0 Å². The molecule has 0 heterocycles. The summed E-state index contributed by atoms with van der Waals surface area (Å²) in [6, 6.07) is 0. The Morgan fingerprint density at radius 2 is 1.58 bits per heavy atom. The van der Waals surface area contributed by atoms with Gasteiger partial charge < -0.3 is 22.6 Å². The third-order valence-electron chi connectivity index (χ3n) is 0.894. The summed E-state index contributed by atoms with van der Waals surface area (Å²) in [5, 5.41) is 0. The Kier molecular flexibility index (Phi) is 13.0. The van der Waals surface area contributed by atoms with E-state index < -0.39 is 0 Å². The number of halogens is 1. The smallest absolute Gasteiger partial charge is 0.214 e. The zero-order valence-corrected chi connectivity index (χ0v) is 9.48. The zero-order valence-electron chi connectivity index (χ0n) is 8.72. The predicted molar refractivity (Wildman–Crippen MR) is 48.1 cm³/mol. The molecule has 0 aromatic rings. The molecule has 0 spiro atoms. The number of carbonyl (C=O) groups is 1. The number of carbonyl (C=O) groups excluding carboxylic acids is 1. The largest absolute Gasteiger partial charge is 1.00 e. The van der Waals surface area contributed by atoms with Gasteiger partial charge in [0.15, 0.2) is 0 Å². The maximum atomic E-state index is 9.22. The van der Waals surface area contributed by atoms with Crippen LogP contribution in [0.1, 0.15) is 20.3 Å². The van der Waals surface area contributed by atoms with Crippen LogP contribution in [0.15, 0.2) is 0 Å². The first-order valence-electron chi connectivity index (χ1n) is 3.86. The van der Waals surface area contributed by atoms with Crippen LogP contribution in [0.2, 0.25) is 0 Å². The second-order valence-electron chi connectivity index (χ2n) is 3.62. The lowest BCUT2D eigenvalue weighted by Gasteiger charge is -2.22. The summed E-state index contributed by atoms with van der Waals surface area (Å²) >= 11 is 0. The van der Waals surface area contributed by atoms with Gasteiger partial charge in [-0.25, -0.2) is 0 Å². The topological polar surface area (TPSA) is 43.1 Å². The average molecular weight is 197 g/mol. The summed E-state index contributed by atoms with van der Waals surface area (Å²) in [6.45, 7) is 4.80. The van der Waals surface area contributed by atoms with Gasteiger partial charge in [0.1, 0.15) is 0 Å². The van der Waals surface area contributed by atoms with Gasteiger partial charge in [-0.1, -0.05) is 6.92 Å². The number of hydrogen-bond acceptors (Lipinski definition) is 1. The van der Waals surface area contributed by atoms with Crippen LogP contribution in [-0.2, 0) is 4.79 Å². The lowest BCUT2D eigenvalue weighted by atomic mass is 10.4. The van der Waals surface area contributed by atoms with Crippen LogP contribution in [0.5, 0.6) is 0 Å². The Hall–Kier alpha value is -0.280. The van der Waals surface area contributed by atoms with Crippen molar-refractivity contribution in [3.63, 3.8) is 0 Å². The fourth-order valence-corrected chi connectivity index (χ4v) is 0.671. The van der Waals surface area contributed by atoms with Crippen molar-refractivity contribution in [1.29, 1.82) is 0 Å². The van der Waals surface area contributed by atoms with Crippen LogP contribution < -0.4 is 18.1 Å². The summed E-state index contributed by atoms with van der Waals surface area (Å²) in [5.41, 5.74) is 4.47. The van der Waals surface area contributed by atoms with Gasteiger partial charge in [0, 0.05) is 6.92 Å². The van der Waals surface area contributed by atoms with E-state index in [1.165, 1.54) is 19.9 Å². The molecule has 0 saturated carbocycles. The Labute approximate surface area is 81.9 Å². The molecule has 4 heteroatoms. The van der Waals surface area contributed by atoms with Gasteiger partial charge in [0.05, 0.1) is 27.7 Å². The van der Waals surface area contributed by atoms with Crippen LogP contribution in [0.25, 0.3) is 0 Å². The molecule has 0 bridgehead atoms. The average Bonchev–Trinajstić information content (AvgIpc) is 1.58. The van der Waals surface area contributed by atoms with Gasteiger partial charge >= 0.3 is 0 Å². The summed E-state index contributed by atoms with van der Waals surface area (Å²) in [6.07, 6.45) is 1.28. The molecule has 0 aliphatic carbocycles. The standard InChI is InChI=1S/C6H16N.C2H5NO.ClH/c1-5-6-7(2,3)4;1-2(3)4;/h5-6H2,1-4H3;1H3,(H2,3,4);1H/q+1;;/p-1. The highest BCUT2D eigenvalue weighted by Gasteiger charge is 2.01. The Morgan fingerprint density at radius 1 is 1.33 bits per heavy atom. The molecule has 76 valence electrons. The van der Waals surface area contributed by atoms with E-state index in [-0.39, 0.29) is 18.3 Å². The Morgan fingerprint density at radius 3 is 1.58 bits per heavy atom. The molecule has 0 saturated heterocycles. The molecular formula is C8H21ClN2O. The molecule has 0 aliphatic rings. The first-order chi connectivity index (χ1) is 4.79. The molecule has 0 aromatic carbocycles. The van der Waals surface area contributed by atoms with Crippen molar-refractivity contribution in [2.45, 2.75) is 20.3 Å². The van der Waals surface area contributed by atoms with E-state index in [9.17, 15) is 4.79 Å². The fraction of sp³-hybridized carbons (Fsp3) is 0.875. The van der Waals surface area contributed by atoms with E-state index in [2.05, 4.69) is 33.8 Å². The third-order valence-corrected chi connectivity index (χ3v) is 0.894. The molecule has 0 aliphatic heterocycles. The number of quaternary nitrogens is 1. The minimum absolute atomic E-state index is 0. The Bertz CT molecular complexity index is 106. The van der Waals surface area contributed by atoms with Crippen molar-refractivity contribution >= 4 is 5.91 Å². The highest BCUT2D eigenvalue weighted by Crippen LogP contribution is 1.90. The summed E-state index contributed by atoms with van der Waals surface area (Å²) in [4.78, 5) is 9.22. The Balaban J connectivity index is -0.000000142. The van der Waals surface area contributed by atoms with Crippen molar-refractivity contribution < 1.29 is 21.7 Å². The second-order valence-corrected chi connectivity index (χ2v) is 3.62. The van der Waals surface area contributed by atoms with Crippen LogP contribution >= 0.6 is 0 Å². The van der Waals surface area contributed by atoms with Gasteiger partial charge in [-0.15, -0.1) is 0 Å². The molecule has 0 radical (unpaired) electrons. The van der Waals surface area contributed by atoms with Gasteiger partial charge in [-0.3, -0.25) is 4.79 Å². The third kappa shape index (κ3) is 53.4. The number of rotatable bonds is 2. The molecular weight excluding hydrogens is 176 g/mol. The van der Waals surface area contributed by atoms with E-state index in [4.69, 9.17) is 0 Å². The van der Waals surface area contributed by atoms with E-state index in [1.807, 2.05) is 0 Å². The van der Waals surface area contributed by atoms with Crippen molar-refractivity contribution in [2.75, 3.05) is 27.7 Å². The molecule has 0 unspecified atom stereocenters. The highest BCUT2D eigenvalue weighted by atomic mass is 35.5. The van der Waals surface area contributed by atoms with Crippen molar-refractivity contribution in [2.24, 2.45) is 5.73 Å². The molecule has 0 atom stereocenters. The van der Waals surface area contributed by atoms with E-state index >= 15 is 0 Å². The number of nitrogens with zero attached hydrogens (tertiary/aromatic N) is 1. The quantitative estimate of drug-likeness (QED) is 0.492. The number of amides is 1. The molecule has 12 heavy (non-hydrogen) atoms. The molecule has 1 amide bonds. The van der Waals surface area contributed by atoms with Crippen LogP contribution in [0.4, 0.5) is 0 Å². The van der Waals surface area contributed by atoms with Gasteiger partial charge in [0.25, 0.3) is 0 Å². The first kappa shape index (κ1) is 17.7. The number of primary amides is 1. The van der Waals surface area contributed by atoms with Gasteiger partial charge in [-0.05, 0) is 6.42 Å². The molecule has 0 rings (SSSR count). The van der Waals surface area contributed by atoms with Crippen molar-refractivity contribution in [3.05, 3.63) is 0 Å². The number of hydrogen-bond donors (Lipinski definition) is 1. The zero-order chi connectivity index (χ0) is 9.49. The summed E-state index contributed by atoms with van der Waals surface area (Å²) in [5.74, 6) is -0.333. The maximum Gasteiger partial charge on any atom is 0.214 e. The molecule has 0 aromatic heterocycles. The minimum Gasteiger partial charge on any atom is -1.00 e. The monoisotopic (exact) mass is 196 g/mol. The van der Waals surface area contributed by atoms with Crippen LogP contribution in [0.3, 0.4) is 0 Å². The minimum atomic E-state index is -0.333. The van der Waals surface area contributed by atoms with E-state index in [0.717, 1.165) is 4.48 Å². The normalized spacial score (nSPS) is 9.08. The lowest BCUT2D eigenvalue weighted by Crippen LogP contribution is -3.00. The molecule has 2 N–H and O–H groups in total. The maximum absolute atomic E-state index is 9.22. The summed E-state index contributed by atoms with van der Waals surface area (Å²) in [7, 11) is 6.64. The lowest BCUT2D eigenvalue weighted by molar-refractivity contribution is -0.870. The molecule has 3 nitrogen and oxygen atoms in total.